The molecule has 2 aromatic rings. The minimum Gasteiger partial charge on any atom is -0.481 e. The fourth-order valence-electron chi connectivity index (χ4n) is 5.96. The summed E-state index contributed by atoms with van der Waals surface area (Å²) >= 11 is 0. The van der Waals surface area contributed by atoms with E-state index in [1.807, 2.05) is 24.3 Å². The minimum absolute atomic E-state index is 0.0164. The third-order valence-electron chi connectivity index (χ3n) is 7.83. The lowest BCUT2D eigenvalue weighted by Gasteiger charge is -2.29. The SMILES string of the molecule is O=C(N[C@@H]1CCCCC[C@@H]1C(=O)N1CCC(C(=O)O)C1)OCC1c2ccccc2-c2ccccc21. The summed E-state index contributed by atoms with van der Waals surface area (Å²) in [6.45, 7) is 0.948. The second-order valence-corrected chi connectivity index (χ2v) is 9.93. The maximum atomic E-state index is 13.3. The molecule has 35 heavy (non-hydrogen) atoms. The van der Waals surface area contributed by atoms with E-state index in [1.54, 1.807) is 4.90 Å². The second kappa shape index (κ2) is 10.1. The zero-order valence-electron chi connectivity index (χ0n) is 19.8. The van der Waals surface area contributed by atoms with Crippen LogP contribution in [0, 0.1) is 11.8 Å². The maximum Gasteiger partial charge on any atom is 0.407 e. The molecule has 1 heterocycles. The number of rotatable bonds is 5. The first-order valence-electron chi connectivity index (χ1n) is 12.7. The summed E-state index contributed by atoms with van der Waals surface area (Å²) in [5.74, 6) is -1.75. The summed E-state index contributed by atoms with van der Waals surface area (Å²) in [6, 6.07) is 16.1. The number of carbonyl (C=O) groups is 3. The van der Waals surface area contributed by atoms with Gasteiger partial charge in [0.2, 0.25) is 5.91 Å². The van der Waals surface area contributed by atoms with Gasteiger partial charge in [0.15, 0.2) is 0 Å². The normalized spacial score (nSPS) is 23.8. The quantitative estimate of drug-likeness (QED) is 0.624. The largest absolute Gasteiger partial charge is 0.481 e. The molecule has 7 nitrogen and oxygen atoms in total. The third-order valence-corrected chi connectivity index (χ3v) is 7.83. The van der Waals surface area contributed by atoms with Crippen LogP contribution in [0.2, 0.25) is 0 Å². The van der Waals surface area contributed by atoms with Crippen LogP contribution in [-0.2, 0) is 14.3 Å². The summed E-state index contributed by atoms with van der Waals surface area (Å²) in [4.78, 5) is 39.2. The number of benzene rings is 2. The number of aliphatic carboxylic acids is 1. The minimum atomic E-state index is -0.852. The highest BCUT2D eigenvalue weighted by molar-refractivity contribution is 5.82. The number of likely N-dealkylation sites (tertiary alicyclic amines) is 1. The Morgan fingerprint density at radius 1 is 0.914 bits per heavy atom. The Morgan fingerprint density at radius 2 is 1.57 bits per heavy atom. The van der Waals surface area contributed by atoms with Crippen molar-refractivity contribution < 1.29 is 24.2 Å². The maximum absolute atomic E-state index is 13.3. The Bertz CT molecular complexity index is 1070. The Kier molecular flexibility index (Phi) is 6.75. The van der Waals surface area contributed by atoms with Crippen molar-refractivity contribution in [1.29, 1.82) is 0 Å². The van der Waals surface area contributed by atoms with Crippen LogP contribution in [-0.4, -0.2) is 53.7 Å². The van der Waals surface area contributed by atoms with Crippen LogP contribution in [0.4, 0.5) is 4.79 Å². The number of carboxylic acids is 1. The zero-order valence-corrected chi connectivity index (χ0v) is 19.8. The van der Waals surface area contributed by atoms with Crippen molar-refractivity contribution in [2.75, 3.05) is 19.7 Å². The van der Waals surface area contributed by atoms with Gasteiger partial charge in [0.1, 0.15) is 6.61 Å². The van der Waals surface area contributed by atoms with Crippen molar-refractivity contribution in [1.82, 2.24) is 10.2 Å². The van der Waals surface area contributed by atoms with Crippen molar-refractivity contribution in [3.05, 3.63) is 59.7 Å². The van der Waals surface area contributed by atoms with Gasteiger partial charge in [0, 0.05) is 25.0 Å². The Morgan fingerprint density at radius 3 is 2.23 bits per heavy atom. The van der Waals surface area contributed by atoms with Crippen molar-refractivity contribution in [2.45, 2.75) is 50.5 Å². The fraction of sp³-hybridized carbons (Fsp3) is 0.464. The molecular weight excluding hydrogens is 444 g/mol. The molecule has 2 aliphatic carbocycles. The molecule has 1 saturated heterocycles. The Labute approximate surface area is 205 Å². The van der Waals surface area contributed by atoms with Crippen molar-refractivity contribution in [3.63, 3.8) is 0 Å². The smallest absolute Gasteiger partial charge is 0.407 e. The summed E-state index contributed by atoms with van der Waals surface area (Å²) in [5, 5.41) is 12.3. The van der Waals surface area contributed by atoms with Crippen LogP contribution in [0.3, 0.4) is 0 Å². The summed E-state index contributed by atoms with van der Waals surface area (Å²) in [6.07, 6.45) is 4.29. The van der Waals surface area contributed by atoms with E-state index < -0.39 is 18.0 Å². The van der Waals surface area contributed by atoms with E-state index in [9.17, 15) is 19.5 Å². The van der Waals surface area contributed by atoms with Crippen LogP contribution >= 0.6 is 0 Å². The number of nitrogens with zero attached hydrogens (tertiary/aromatic N) is 1. The van der Waals surface area contributed by atoms with Crippen molar-refractivity contribution >= 4 is 18.0 Å². The number of amides is 2. The molecule has 5 rings (SSSR count). The molecule has 0 bridgehead atoms. The molecule has 2 N–H and O–H groups in total. The van der Waals surface area contributed by atoms with E-state index in [1.165, 1.54) is 11.1 Å². The molecule has 2 aromatic carbocycles. The van der Waals surface area contributed by atoms with Crippen LogP contribution < -0.4 is 5.32 Å². The number of fused-ring (bicyclic) bond motifs is 3. The van der Waals surface area contributed by atoms with Crippen LogP contribution in [0.1, 0.15) is 55.6 Å². The lowest BCUT2D eigenvalue weighted by molar-refractivity contribution is -0.141. The molecule has 0 radical (unpaired) electrons. The van der Waals surface area contributed by atoms with E-state index in [-0.39, 0.29) is 36.9 Å². The number of carbonyl (C=O) groups excluding carboxylic acids is 2. The molecule has 1 saturated carbocycles. The molecule has 3 atom stereocenters. The van der Waals surface area contributed by atoms with E-state index in [2.05, 4.69) is 29.6 Å². The summed E-state index contributed by atoms with van der Waals surface area (Å²) < 4.78 is 5.73. The van der Waals surface area contributed by atoms with E-state index in [4.69, 9.17) is 4.74 Å². The van der Waals surface area contributed by atoms with Gasteiger partial charge in [-0.15, -0.1) is 0 Å². The van der Waals surface area contributed by atoms with Crippen molar-refractivity contribution in [2.24, 2.45) is 11.8 Å². The van der Waals surface area contributed by atoms with E-state index in [0.717, 1.165) is 36.8 Å². The van der Waals surface area contributed by atoms with Crippen molar-refractivity contribution in [3.8, 4) is 11.1 Å². The Hall–Kier alpha value is -3.35. The van der Waals surface area contributed by atoms with E-state index in [0.29, 0.717) is 19.4 Å². The van der Waals surface area contributed by atoms with E-state index >= 15 is 0 Å². The average Bonchev–Trinajstić information content (AvgIpc) is 3.41. The highest BCUT2D eigenvalue weighted by Crippen LogP contribution is 2.44. The number of alkyl carbamates (subject to hydrolysis) is 1. The van der Waals surface area contributed by atoms with Gasteiger partial charge in [-0.05, 0) is 41.5 Å². The van der Waals surface area contributed by atoms with Gasteiger partial charge in [0.05, 0.1) is 11.8 Å². The van der Waals surface area contributed by atoms with Gasteiger partial charge < -0.3 is 20.1 Å². The lowest BCUT2D eigenvalue weighted by atomic mass is 9.93. The molecule has 1 aliphatic heterocycles. The third kappa shape index (κ3) is 4.77. The second-order valence-electron chi connectivity index (χ2n) is 9.93. The molecule has 1 unspecified atom stereocenters. The molecule has 3 aliphatic rings. The molecule has 184 valence electrons. The van der Waals surface area contributed by atoms with Crippen LogP contribution in [0.5, 0.6) is 0 Å². The number of hydrogen-bond acceptors (Lipinski definition) is 4. The van der Waals surface area contributed by atoms with Crippen LogP contribution in [0.25, 0.3) is 11.1 Å². The predicted molar refractivity (Wildman–Crippen MR) is 131 cm³/mol. The monoisotopic (exact) mass is 476 g/mol. The predicted octanol–water partition coefficient (Wildman–Crippen LogP) is 4.41. The number of carboxylic acid groups (broad SMARTS) is 1. The first-order chi connectivity index (χ1) is 17.0. The first-order valence-corrected chi connectivity index (χ1v) is 12.7. The lowest BCUT2D eigenvalue weighted by Crippen LogP contribution is -2.47. The van der Waals surface area contributed by atoms with Gasteiger partial charge in [0.25, 0.3) is 0 Å². The number of hydrogen-bond donors (Lipinski definition) is 2. The summed E-state index contributed by atoms with van der Waals surface area (Å²) in [5.41, 5.74) is 4.67. The highest BCUT2D eigenvalue weighted by Gasteiger charge is 2.38. The van der Waals surface area contributed by atoms with Gasteiger partial charge in [-0.2, -0.15) is 0 Å². The molecule has 2 amide bonds. The van der Waals surface area contributed by atoms with Gasteiger partial charge in [-0.25, -0.2) is 4.79 Å². The molecular formula is C28H32N2O5. The summed E-state index contributed by atoms with van der Waals surface area (Å²) in [7, 11) is 0. The number of nitrogens with one attached hydrogen (secondary N) is 1. The van der Waals surface area contributed by atoms with Gasteiger partial charge in [-0.1, -0.05) is 67.8 Å². The topological polar surface area (TPSA) is 95.9 Å². The number of ether oxygens (including phenoxy) is 1. The molecule has 7 heteroatoms. The zero-order chi connectivity index (χ0) is 24.4. The Balaban J connectivity index is 1.24. The molecule has 0 aromatic heterocycles. The van der Waals surface area contributed by atoms with Gasteiger partial charge >= 0.3 is 12.1 Å². The fourth-order valence-corrected chi connectivity index (χ4v) is 5.96. The first kappa shape index (κ1) is 23.4. The molecule has 0 spiro atoms. The van der Waals surface area contributed by atoms with Gasteiger partial charge in [-0.3, -0.25) is 9.59 Å². The average molecular weight is 477 g/mol. The standard InChI is InChI=1S/C28H32N2O5/c31-26(30-15-14-18(16-30)27(32)33)23-12-2-1-3-13-25(23)29-28(34)35-17-24-21-10-6-4-8-19(21)20-9-5-7-11-22(20)24/h4-11,18,23-25H,1-3,12-17H2,(H,29,34)(H,32,33)/t18?,23-,25+/m0/s1. The molecule has 2 fully saturated rings. The highest BCUT2D eigenvalue weighted by atomic mass is 16.5. The van der Waals surface area contributed by atoms with Crippen LogP contribution in [0.15, 0.2) is 48.5 Å².